The highest BCUT2D eigenvalue weighted by molar-refractivity contribution is 9.10. The van der Waals surface area contributed by atoms with Gasteiger partial charge >= 0.3 is 0 Å². The van der Waals surface area contributed by atoms with Crippen LogP contribution in [0.3, 0.4) is 0 Å². The van der Waals surface area contributed by atoms with Crippen molar-refractivity contribution in [1.29, 1.82) is 0 Å². The van der Waals surface area contributed by atoms with Gasteiger partial charge in [0.1, 0.15) is 0 Å². The molecule has 0 aliphatic heterocycles. The second kappa shape index (κ2) is 3.93. The minimum atomic E-state index is -0.722. The van der Waals surface area contributed by atoms with E-state index in [1.165, 1.54) is 0 Å². The van der Waals surface area contributed by atoms with Gasteiger partial charge in [0.25, 0.3) is 11.4 Å². The summed E-state index contributed by atoms with van der Waals surface area (Å²) in [7, 11) is 0. The van der Waals surface area contributed by atoms with Crippen LogP contribution in [0.5, 0.6) is 0 Å². The Morgan fingerprint density at radius 2 is 1.79 bits per heavy atom. The van der Waals surface area contributed by atoms with Gasteiger partial charge in [0.05, 0.1) is 20.8 Å². The highest BCUT2D eigenvalue weighted by atomic mass is 79.9. The maximum Gasteiger partial charge on any atom is 0.290 e. The zero-order chi connectivity index (χ0) is 10.9. The average Bonchev–Trinajstić information content (AvgIpc) is 2.08. The van der Waals surface area contributed by atoms with Crippen LogP contribution in [0, 0.1) is 20.2 Å². The summed E-state index contributed by atoms with van der Waals surface area (Å²) >= 11 is 6.80. The van der Waals surface area contributed by atoms with Crippen molar-refractivity contribution in [2.24, 2.45) is 0 Å². The first-order valence-electron chi connectivity index (χ1n) is 3.24. The van der Waals surface area contributed by atoms with Gasteiger partial charge in [-0.3, -0.25) is 20.2 Å². The minimum absolute atomic E-state index is 0.0700. The van der Waals surface area contributed by atoms with Crippen LogP contribution in [0.25, 0.3) is 0 Å². The maximum atomic E-state index is 10.5. The van der Waals surface area contributed by atoms with Crippen molar-refractivity contribution in [2.45, 2.75) is 4.90 Å². The molecular weight excluding hydrogens is 276 g/mol. The normalized spacial score (nSPS) is 9.86. The molecule has 0 fully saturated rings. The SMILES string of the molecule is O=[N+]([O-])c1cc(Br)c(S)c([N+](=O)[O-])c1. The Kier molecular flexibility index (Phi) is 3.06. The molecule has 14 heavy (non-hydrogen) atoms. The molecule has 1 aromatic rings. The van der Waals surface area contributed by atoms with E-state index >= 15 is 0 Å². The lowest BCUT2D eigenvalue weighted by molar-refractivity contribution is -0.396. The van der Waals surface area contributed by atoms with Crippen LogP contribution in [0.4, 0.5) is 11.4 Å². The number of rotatable bonds is 2. The first-order valence-corrected chi connectivity index (χ1v) is 4.49. The van der Waals surface area contributed by atoms with Gasteiger partial charge in [0, 0.05) is 10.5 Å². The summed E-state index contributed by atoms with van der Waals surface area (Å²) in [5, 5.41) is 20.8. The van der Waals surface area contributed by atoms with E-state index < -0.39 is 15.5 Å². The van der Waals surface area contributed by atoms with E-state index in [0.29, 0.717) is 0 Å². The van der Waals surface area contributed by atoms with Crippen LogP contribution >= 0.6 is 28.6 Å². The average molecular weight is 279 g/mol. The van der Waals surface area contributed by atoms with Crippen molar-refractivity contribution >= 4 is 39.9 Å². The highest BCUT2D eigenvalue weighted by Crippen LogP contribution is 2.34. The molecule has 0 spiro atoms. The molecule has 0 aliphatic rings. The third-order valence-electron chi connectivity index (χ3n) is 1.44. The zero-order valence-corrected chi connectivity index (χ0v) is 8.99. The topological polar surface area (TPSA) is 86.3 Å². The molecule has 0 heterocycles. The molecule has 0 unspecified atom stereocenters. The first kappa shape index (κ1) is 10.9. The van der Waals surface area contributed by atoms with Gasteiger partial charge in [-0.15, -0.1) is 12.6 Å². The van der Waals surface area contributed by atoms with E-state index in [1.54, 1.807) is 0 Å². The molecule has 0 N–H and O–H groups in total. The number of halogens is 1. The van der Waals surface area contributed by atoms with Crippen LogP contribution in [0.1, 0.15) is 0 Å². The second-order valence-corrected chi connectivity index (χ2v) is 3.61. The molecule has 0 aliphatic carbocycles. The van der Waals surface area contributed by atoms with Gasteiger partial charge in [0.15, 0.2) is 0 Å². The Morgan fingerprint density at radius 3 is 2.21 bits per heavy atom. The lowest BCUT2D eigenvalue weighted by Crippen LogP contribution is -1.94. The van der Waals surface area contributed by atoms with Gasteiger partial charge in [0.2, 0.25) is 0 Å². The van der Waals surface area contributed by atoms with Crippen molar-refractivity contribution in [2.75, 3.05) is 0 Å². The van der Waals surface area contributed by atoms with Crippen molar-refractivity contribution in [1.82, 2.24) is 0 Å². The summed E-state index contributed by atoms with van der Waals surface area (Å²) in [6, 6.07) is 2.03. The standard InChI is InChI=1S/C6H3BrN2O4S/c7-4-1-3(8(10)11)2-5(6(4)14)9(12)13/h1-2,14H. The number of benzene rings is 1. The number of hydrogen-bond acceptors (Lipinski definition) is 5. The number of nitro benzene ring substituents is 2. The third-order valence-corrected chi connectivity index (χ3v) is 2.84. The summed E-state index contributed by atoms with van der Waals surface area (Å²) in [4.78, 5) is 19.5. The number of hydrogen-bond donors (Lipinski definition) is 1. The quantitative estimate of drug-likeness (QED) is 0.512. The van der Waals surface area contributed by atoms with E-state index in [1.807, 2.05) is 0 Å². The molecule has 0 amide bonds. The molecule has 8 heteroatoms. The molecule has 74 valence electrons. The van der Waals surface area contributed by atoms with E-state index in [-0.39, 0.29) is 15.1 Å². The number of thiol groups is 1. The fourth-order valence-electron chi connectivity index (χ4n) is 0.815. The molecule has 0 saturated carbocycles. The summed E-state index contributed by atoms with van der Waals surface area (Å²) in [6.07, 6.45) is 0. The summed E-state index contributed by atoms with van der Waals surface area (Å²) in [5.74, 6) is 0. The molecule has 0 saturated heterocycles. The van der Waals surface area contributed by atoms with Gasteiger partial charge in [-0.2, -0.15) is 0 Å². The van der Waals surface area contributed by atoms with E-state index in [4.69, 9.17) is 0 Å². The van der Waals surface area contributed by atoms with Gasteiger partial charge < -0.3 is 0 Å². The van der Waals surface area contributed by atoms with E-state index in [0.717, 1.165) is 12.1 Å². The molecule has 6 nitrogen and oxygen atoms in total. The van der Waals surface area contributed by atoms with Gasteiger partial charge in [-0.1, -0.05) is 0 Å². The summed E-state index contributed by atoms with van der Waals surface area (Å²) in [5.41, 5.74) is -0.740. The Hall–Kier alpha value is -1.15. The fraction of sp³-hybridized carbons (Fsp3) is 0. The number of non-ortho nitro benzene ring substituents is 1. The lowest BCUT2D eigenvalue weighted by Gasteiger charge is -1.98. The molecular formula is C6H3BrN2O4S. The molecule has 0 atom stereocenters. The monoisotopic (exact) mass is 278 g/mol. The fourth-order valence-corrected chi connectivity index (χ4v) is 1.46. The van der Waals surface area contributed by atoms with Gasteiger partial charge in [-0.05, 0) is 15.9 Å². The third kappa shape index (κ3) is 2.02. The molecule has 0 aromatic heterocycles. The predicted molar refractivity (Wildman–Crippen MR) is 54.7 cm³/mol. The smallest absolute Gasteiger partial charge is 0.258 e. The first-order chi connectivity index (χ1) is 6.43. The largest absolute Gasteiger partial charge is 0.290 e. The van der Waals surface area contributed by atoms with Crippen LogP contribution in [0.2, 0.25) is 0 Å². The van der Waals surface area contributed by atoms with Crippen LogP contribution in [-0.4, -0.2) is 9.85 Å². The van der Waals surface area contributed by atoms with Crippen LogP contribution < -0.4 is 0 Å². The van der Waals surface area contributed by atoms with Crippen LogP contribution in [-0.2, 0) is 0 Å². The summed E-state index contributed by atoms with van der Waals surface area (Å²) in [6.45, 7) is 0. The van der Waals surface area contributed by atoms with Crippen molar-refractivity contribution < 1.29 is 9.85 Å². The molecule has 1 aromatic carbocycles. The Morgan fingerprint density at radius 1 is 1.21 bits per heavy atom. The number of nitro groups is 2. The van der Waals surface area contributed by atoms with Crippen LogP contribution in [0.15, 0.2) is 21.5 Å². The minimum Gasteiger partial charge on any atom is -0.258 e. The van der Waals surface area contributed by atoms with E-state index in [2.05, 4.69) is 28.6 Å². The van der Waals surface area contributed by atoms with Crippen molar-refractivity contribution in [3.8, 4) is 0 Å². The Balaban J connectivity index is 3.43. The Bertz CT molecular complexity index is 423. The predicted octanol–water partition coefficient (Wildman–Crippen LogP) is 2.55. The molecule has 1 rings (SSSR count). The maximum absolute atomic E-state index is 10.5. The highest BCUT2D eigenvalue weighted by Gasteiger charge is 2.20. The number of nitrogens with zero attached hydrogens (tertiary/aromatic N) is 2. The molecule has 0 bridgehead atoms. The Labute approximate surface area is 91.8 Å². The summed E-state index contributed by atoms with van der Waals surface area (Å²) < 4.78 is 0.224. The van der Waals surface area contributed by atoms with Crippen molar-refractivity contribution in [3.63, 3.8) is 0 Å². The second-order valence-electron chi connectivity index (χ2n) is 2.31. The van der Waals surface area contributed by atoms with E-state index in [9.17, 15) is 20.2 Å². The van der Waals surface area contributed by atoms with Crippen molar-refractivity contribution in [3.05, 3.63) is 36.8 Å². The zero-order valence-electron chi connectivity index (χ0n) is 6.51. The molecule has 0 radical (unpaired) electrons. The van der Waals surface area contributed by atoms with Gasteiger partial charge in [-0.25, -0.2) is 0 Å². The lowest BCUT2D eigenvalue weighted by atomic mass is 10.3.